The first-order valence-electron chi connectivity index (χ1n) is 10.3. The highest BCUT2D eigenvalue weighted by Gasteiger charge is 2.22. The van der Waals surface area contributed by atoms with Gasteiger partial charge >= 0.3 is 0 Å². The Bertz CT molecular complexity index is 814. The van der Waals surface area contributed by atoms with Crippen LogP contribution in [0.25, 0.3) is 0 Å². The van der Waals surface area contributed by atoms with Crippen LogP contribution in [0.1, 0.15) is 17.2 Å². The van der Waals surface area contributed by atoms with Gasteiger partial charge in [0.2, 0.25) is 0 Å². The number of hydrogen-bond acceptors (Lipinski definition) is 5. The Balaban J connectivity index is 0.00000341. The summed E-state index contributed by atoms with van der Waals surface area (Å²) >= 11 is 0. The predicted molar refractivity (Wildman–Crippen MR) is 135 cm³/mol. The summed E-state index contributed by atoms with van der Waals surface area (Å²) in [6.45, 7) is 4.75. The number of benzene rings is 2. The van der Waals surface area contributed by atoms with E-state index in [9.17, 15) is 0 Å². The normalized spacial score (nSPS) is 15.5. The van der Waals surface area contributed by atoms with Crippen molar-refractivity contribution in [2.24, 2.45) is 4.99 Å². The number of hydrogen-bond donors (Lipinski definition) is 2. The Morgan fingerprint density at radius 1 is 1.06 bits per heavy atom. The summed E-state index contributed by atoms with van der Waals surface area (Å²) in [5, 5.41) is 6.87. The fourth-order valence-corrected chi connectivity index (χ4v) is 3.61. The zero-order valence-electron chi connectivity index (χ0n) is 18.5. The van der Waals surface area contributed by atoms with Crippen molar-refractivity contribution in [3.63, 3.8) is 0 Å². The minimum absolute atomic E-state index is 0. The van der Waals surface area contributed by atoms with Crippen molar-refractivity contribution in [3.05, 3.63) is 59.7 Å². The molecule has 0 aromatic heterocycles. The molecule has 1 fully saturated rings. The molecular formula is C23H33IN4O3. The van der Waals surface area contributed by atoms with Crippen LogP contribution in [0.5, 0.6) is 11.5 Å². The van der Waals surface area contributed by atoms with E-state index in [1.54, 1.807) is 21.3 Å². The number of ether oxygens (including phenoxy) is 3. The average Bonchev–Trinajstić information content (AvgIpc) is 2.82. The van der Waals surface area contributed by atoms with Crippen molar-refractivity contribution in [2.75, 3.05) is 54.1 Å². The van der Waals surface area contributed by atoms with Crippen LogP contribution in [0.3, 0.4) is 0 Å². The number of halogens is 1. The van der Waals surface area contributed by atoms with Gasteiger partial charge < -0.3 is 24.8 Å². The Labute approximate surface area is 202 Å². The number of guanidine groups is 1. The maximum atomic E-state index is 5.54. The maximum Gasteiger partial charge on any atom is 0.191 e. The fraction of sp³-hybridized carbons (Fsp3) is 0.435. The van der Waals surface area contributed by atoms with Crippen molar-refractivity contribution in [2.45, 2.75) is 12.6 Å². The predicted octanol–water partition coefficient (Wildman–Crippen LogP) is 3.06. The minimum Gasteiger partial charge on any atom is -0.497 e. The second kappa shape index (κ2) is 13.4. The van der Waals surface area contributed by atoms with Gasteiger partial charge in [0.1, 0.15) is 11.5 Å². The number of methoxy groups -OCH3 is 2. The van der Waals surface area contributed by atoms with E-state index in [0.29, 0.717) is 6.54 Å². The summed E-state index contributed by atoms with van der Waals surface area (Å²) < 4.78 is 16.3. The molecule has 2 aromatic carbocycles. The molecule has 1 atom stereocenters. The minimum atomic E-state index is 0. The SMILES string of the molecule is CN=C(NCc1ccc(OC)cc1OC)NCC(c1ccccc1)N1CCOCC1.I. The number of morpholine rings is 1. The molecule has 31 heavy (non-hydrogen) atoms. The lowest BCUT2D eigenvalue weighted by Crippen LogP contribution is -2.46. The third kappa shape index (κ3) is 7.26. The average molecular weight is 540 g/mol. The highest BCUT2D eigenvalue weighted by Crippen LogP contribution is 2.24. The molecule has 7 nitrogen and oxygen atoms in total. The van der Waals surface area contributed by atoms with E-state index in [1.807, 2.05) is 18.2 Å². The third-order valence-corrected chi connectivity index (χ3v) is 5.30. The molecule has 0 amide bonds. The van der Waals surface area contributed by atoms with Crippen molar-refractivity contribution >= 4 is 29.9 Å². The number of nitrogens with zero attached hydrogens (tertiary/aromatic N) is 2. The van der Waals surface area contributed by atoms with E-state index in [2.05, 4.69) is 50.9 Å². The van der Waals surface area contributed by atoms with Crippen LogP contribution >= 0.6 is 24.0 Å². The number of aliphatic imine (C=N–C) groups is 1. The van der Waals surface area contributed by atoms with Gasteiger partial charge in [-0.15, -0.1) is 24.0 Å². The lowest BCUT2D eigenvalue weighted by molar-refractivity contribution is 0.0170. The van der Waals surface area contributed by atoms with E-state index in [-0.39, 0.29) is 30.0 Å². The van der Waals surface area contributed by atoms with Crippen LogP contribution in [0, 0.1) is 0 Å². The standard InChI is InChI=1S/C23H32N4O3.HI/c1-24-23(25-16-19-9-10-20(28-2)15-22(19)29-3)26-17-21(18-7-5-4-6-8-18)27-11-13-30-14-12-27;/h4-10,15,21H,11-14,16-17H2,1-3H3,(H2,24,25,26);1H. The van der Waals surface area contributed by atoms with Crippen molar-refractivity contribution in [1.82, 2.24) is 15.5 Å². The molecule has 2 aromatic rings. The molecule has 170 valence electrons. The Morgan fingerprint density at radius 3 is 2.45 bits per heavy atom. The number of nitrogens with one attached hydrogen (secondary N) is 2. The first-order valence-corrected chi connectivity index (χ1v) is 10.3. The van der Waals surface area contributed by atoms with Crippen molar-refractivity contribution < 1.29 is 14.2 Å². The van der Waals surface area contributed by atoms with Crippen LogP contribution in [0.15, 0.2) is 53.5 Å². The first-order chi connectivity index (χ1) is 14.7. The summed E-state index contributed by atoms with van der Waals surface area (Å²) in [5.74, 6) is 2.31. The van der Waals surface area contributed by atoms with Crippen LogP contribution in [0.2, 0.25) is 0 Å². The smallest absolute Gasteiger partial charge is 0.191 e. The van der Waals surface area contributed by atoms with Gasteiger partial charge in [-0.05, 0) is 17.7 Å². The summed E-state index contributed by atoms with van der Waals surface area (Å²) in [7, 11) is 5.10. The largest absolute Gasteiger partial charge is 0.497 e. The molecule has 0 bridgehead atoms. The molecule has 8 heteroatoms. The Hall–Kier alpha value is -2.04. The number of rotatable bonds is 8. The fourth-order valence-electron chi connectivity index (χ4n) is 3.61. The van der Waals surface area contributed by atoms with Gasteiger partial charge in [-0.1, -0.05) is 30.3 Å². The Kier molecular flexibility index (Phi) is 10.9. The van der Waals surface area contributed by atoms with E-state index < -0.39 is 0 Å². The van der Waals surface area contributed by atoms with Gasteiger partial charge in [0, 0.05) is 44.9 Å². The monoisotopic (exact) mass is 540 g/mol. The third-order valence-electron chi connectivity index (χ3n) is 5.30. The van der Waals surface area contributed by atoms with Gasteiger partial charge in [0.05, 0.1) is 33.5 Å². The molecule has 0 saturated carbocycles. The van der Waals surface area contributed by atoms with Gasteiger partial charge in [0.25, 0.3) is 0 Å². The molecule has 0 radical (unpaired) electrons. The molecule has 0 spiro atoms. The highest BCUT2D eigenvalue weighted by molar-refractivity contribution is 14.0. The lowest BCUT2D eigenvalue weighted by atomic mass is 10.0. The van der Waals surface area contributed by atoms with Crippen molar-refractivity contribution in [1.29, 1.82) is 0 Å². The van der Waals surface area contributed by atoms with Crippen LogP contribution in [-0.4, -0.2) is 65.0 Å². The van der Waals surface area contributed by atoms with Gasteiger partial charge in [-0.25, -0.2) is 0 Å². The zero-order chi connectivity index (χ0) is 21.2. The van der Waals surface area contributed by atoms with Crippen LogP contribution < -0.4 is 20.1 Å². The van der Waals surface area contributed by atoms with E-state index in [0.717, 1.165) is 55.9 Å². The summed E-state index contributed by atoms with van der Waals surface area (Å²) in [4.78, 5) is 6.85. The van der Waals surface area contributed by atoms with E-state index in [1.165, 1.54) is 5.56 Å². The first kappa shape index (κ1) is 25.2. The van der Waals surface area contributed by atoms with E-state index >= 15 is 0 Å². The van der Waals surface area contributed by atoms with Crippen molar-refractivity contribution in [3.8, 4) is 11.5 Å². The topological polar surface area (TPSA) is 67.4 Å². The Morgan fingerprint density at radius 2 is 1.81 bits per heavy atom. The van der Waals surface area contributed by atoms with E-state index in [4.69, 9.17) is 14.2 Å². The molecule has 0 aliphatic carbocycles. The van der Waals surface area contributed by atoms with Gasteiger partial charge in [-0.3, -0.25) is 9.89 Å². The van der Waals surface area contributed by atoms with Gasteiger partial charge in [0.15, 0.2) is 5.96 Å². The molecule has 1 aliphatic heterocycles. The maximum absolute atomic E-state index is 5.54. The second-order valence-corrected chi connectivity index (χ2v) is 7.06. The van der Waals surface area contributed by atoms with Crippen LogP contribution in [0.4, 0.5) is 0 Å². The second-order valence-electron chi connectivity index (χ2n) is 7.06. The lowest BCUT2D eigenvalue weighted by Gasteiger charge is -2.35. The summed E-state index contributed by atoms with van der Waals surface area (Å²) in [6, 6.07) is 16.7. The summed E-state index contributed by atoms with van der Waals surface area (Å²) in [6.07, 6.45) is 0. The molecule has 1 unspecified atom stereocenters. The molecule has 1 aliphatic rings. The van der Waals surface area contributed by atoms with Crippen LogP contribution in [-0.2, 0) is 11.3 Å². The molecule has 2 N–H and O–H groups in total. The quantitative estimate of drug-likeness (QED) is 0.305. The molecular weight excluding hydrogens is 507 g/mol. The molecule has 3 rings (SSSR count). The summed E-state index contributed by atoms with van der Waals surface area (Å²) in [5.41, 5.74) is 2.33. The highest BCUT2D eigenvalue weighted by atomic mass is 127. The zero-order valence-corrected chi connectivity index (χ0v) is 20.8. The van der Waals surface area contributed by atoms with Gasteiger partial charge in [-0.2, -0.15) is 0 Å². The molecule has 1 saturated heterocycles. The molecule has 1 heterocycles.